The zero-order valence-corrected chi connectivity index (χ0v) is 13.7. The third kappa shape index (κ3) is 3.66. The molecule has 0 fully saturated rings. The van der Waals surface area contributed by atoms with Crippen LogP contribution in [0.2, 0.25) is 5.02 Å². The van der Waals surface area contributed by atoms with Crippen molar-refractivity contribution in [3.8, 4) is 0 Å². The molecular formula is C19H16ClNO3. The van der Waals surface area contributed by atoms with Gasteiger partial charge in [-0.2, -0.15) is 0 Å². The smallest absolute Gasteiger partial charge is 0.325 e. The summed E-state index contributed by atoms with van der Waals surface area (Å²) in [5.74, 6) is -0.338. The molecule has 0 amide bonds. The lowest BCUT2D eigenvalue weighted by molar-refractivity contribution is -0.144. The molecule has 0 saturated carbocycles. The number of benzene rings is 2. The van der Waals surface area contributed by atoms with Gasteiger partial charge in [0.2, 0.25) is 0 Å². The van der Waals surface area contributed by atoms with Crippen LogP contribution in [0.5, 0.6) is 0 Å². The maximum Gasteiger partial charge on any atom is 0.325 e. The number of esters is 1. The number of fused-ring (bicyclic) bond motifs is 1. The van der Waals surface area contributed by atoms with Crippen LogP contribution in [0.3, 0.4) is 0 Å². The number of aromatic nitrogens is 1. The third-order valence-corrected chi connectivity index (χ3v) is 4.03. The van der Waals surface area contributed by atoms with Gasteiger partial charge < -0.3 is 9.30 Å². The fourth-order valence-electron chi connectivity index (χ4n) is 2.63. The Morgan fingerprint density at radius 3 is 2.71 bits per heavy atom. The van der Waals surface area contributed by atoms with Crippen LogP contribution in [0.25, 0.3) is 10.9 Å². The lowest BCUT2D eigenvalue weighted by Gasteiger charge is -2.07. The highest BCUT2D eigenvalue weighted by molar-refractivity contribution is 6.31. The molecule has 1 aromatic heterocycles. The number of ether oxygens (including phenoxy) is 1. The molecule has 0 aliphatic carbocycles. The first-order valence-electron chi connectivity index (χ1n) is 7.60. The van der Waals surface area contributed by atoms with E-state index in [1.54, 1.807) is 29.0 Å². The first-order chi connectivity index (χ1) is 11.7. The van der Waals surface area contributed by atoms with Crippen LogP contribution in [0, 0.1) is 0 Å². The fraction of sp³-hybridized carbons (Fsp3) is 0.158. The highest BCUT2D eigenvalue weighted by atomic mass is 35.5. The Labute approximate surface area is 144 Å². The van der Waals surface area contributed by atoms with E-state index in [9.17, 15) is 9.59 Å². The zero-order chi connectivity index (χ0) is 16.9. The van der Waals surface area contributed by atoms with Gasteiger partial charge in [0.25, 0.3) is 0 Å². The minimum Gasteiger partial charge on any atom is -0.464 e. The number of aldehydes is 1. The summed E-state index contributed by atoms with van der Waals surface area (Å²) in [6.45, 7) is 0.384. The van der Waals surface area contributed by atoms with E-state index >= 15 is 0 Å². The summed E-state index contributed by atoms with van der Waals surface area (Å²) in [5, 5.41) is 1.28. The number of hydrogen-bond acceptors (Lipinski definition) is 3. The summed E-state index contributed by atoms with van der Waals surface area (Å²) < 4.78 is 7.00. The second-order valence-corrected chi connectivity index (χ2v) is 5.88. The minimum absolute atomic E-state index is 0.0563. The first-order valence-corrected chi connectivity index (χ1v) is 7.98. The fourth-order valence-corrected chi connectivity index (χ4v) is 2.81. The normalized spacial score (nSPS) is 10.7. The van der Waals surface area contributed by atoms with Crippen LogP contribution in [0.15, 0.2) is 54.7 Å². The topological polar surface area (TPSA) is 48.3 Å². The SMILES string of the molecule is O=Cc1cn(CC(=O)OCCc2ccccc2)c2ccc(Cl)cc12. The molecule has 3 rings (SSSR count). The number of halogens is 1. The first kappa shape index (κ1) is 16.3. The van der Waals surface area contributed by atoms with Crippen LogP contribution in [-0.4, -0.2) is 23.4 Å². The maximum atomic E-state index is 12.1. The maximum absolute atomic E-state index is 12.1. The molecule has 122 valence electrons. The van der Waals surface area contributed by atoms with E-state index in [1.807, 2.05) is 30.3 Å². The molecular weight excluding hydrogens is 326 g/mol. The Morgan fingerprint density at radius 1 is 1.17 bits per heavy atom. The highest BCUT2D eigenvalue weighted by Gasteiger charge is 2.12. The van der Waals surface area contributed by atoms with Crippen molar-refractivity contribution in [1.29, 1.82) is 0 Å². The monoisotopic (exact) mass is 341 g/mol. The molecule has 0 atom stereocenters. The third-order valence-electron chi connectivity index (χ3n) is 3.80. The molecule has 0 bridgehead atoms. The highest BCUT2D eigenvalue weighted by Crippen LogP contribution is 2.24. The molecule has 0 unspecified atom stereocenters. The Hall–Kier alpha value is -2.59. The van der Waals surface area contributed by atoms with Gasteiger partial charge in [-0.05, 0) is 23.8 Å². The van der Waals surface area contributed by atoms with Crippen LogP contribution in [0.1, 0.15) is 15.9 Å². The summed E-state index contributed by atoms with van der Waals surface area (Å²) in [7, 11) is 0. The number of rotatable bonds is 6. The molecule has 0 radical (unpaired) electrons. The largest absolute Gasteiger partial charge is 0.464 e. The molecule has 1 heterocycles. The van der Waals surface area contributed by atoms with Crippen LogP contribution in [0.4, 0.5) is 0 Å². The van der Waals surface area contributed by atoms with Gasteiger partial charge in [0.15, 0.2) is 6.29 Å². The molecule has 4 nitrogen and oxygen atoms in total. The van der Waals surface area contributed by atoms with Gasteiger partial charge in [0.1, 0.15) is 6.54 Å². The molecule has 0 aliphatic heterocycles. The Morgan fingerprint density at radius 2 is 1.96 bits per heavy atom. The van der Waals surface area contributed by atoms with Crippen LogP contribution < -0.4 is 0 Å². The zero-order valence-electron chi connectivity index (χ0n) is 12.9. The van der Waals surface area contributed by atoms with Gasteiger partial charge in [0.05, 0.1) is 6.61 Å². The average molecular weight is 342 g/mol. The van der Waals surface area contributed by atoms with E-state index in [1.165, 1.54) is 0 Å². The number of carbonyl (C=O) groups is 2. The standard InChI is InChI=1S/C19H16ClNO3/c20-16-6-7-18-17(10-16)15(13-22)11-21(18)12-19(23)24-9-8-14-4-2-1-3-5-14/h1-7,10-11,13H,8-9,12H2. The van der Waals surface area contributed by atoms with E-state index in [4.69, 9.17) is 16.3 Å². The summed E-state index contributed by atoms with van der Waals surface area (Å²) in [6.07, 6.45) is 3.08. The quantitative estimate of drug-likeness (QED) is 0.505. The number of hydrogen-bond donors (Lipinski definition) is 0. The van der Waals surface area contributed by atoms with E-state index in [0.717, 1.165) is 22.8 Å². The summed E-state index contributed by atoms with van der Waals surface area (Å²) >= 11 is 5.97. The second-order valence-electron chi connectivity index (χ2n) is 5.45. The van der Waals surface area contributed by atoms with Crippen molar-refractivity contribution in [1.82, 2.24) is 4.57 Å². The van der Waals surface area contributed by atoms with Crippen molar-refractivity contribution < 1.29 is 14.3 Å². The van der Waals surface area contributed by atoms with Crippen molar-refractivity contribution >= 4 is 34.8 Å². The molecule has 3 aromatic rings. The Bertz CT molecular complexity index is 871. The van der Waals surface area contributed by atoms with Gasteiger partial charge in [0, 0.05) is 34.1 Å². The van der Waals surface area contributed by atoms with Crippen molar-refractivity contribution in [3.05, 3.63) is 70.9 Å². The lowest BCUT2D eigenvalue weighted by Crippen LogP contribution is -2.14. The molecule has 0 spiro atoms. The summed E-state index contributed by atoms with van der Waals surface area (Å²) in [6, 6.07) is 15.1. The van der Waals surface area contributed by atoms with Crippen molar-refractivity contribution in [2.75, 3.05) is 6.61 Å². The van der Waals surface area contributed by atoms with Crippen molar-refractivity contribution in [3.63, 3.8) is 0 Å². The molecule has 0 N–H and O–H groups in total. The summed E-state index contributed by atoms with van der Waals surface area (Å²) in [4.78, 5) is 23.2. The van der Waals surface area contributed by atoms with Crippen LogP contribution >= 0.6 is 11.6 Å². The van der Waals surface area contributed by atoms with Crippen LogP contribution in [-0.2, 0) is 22.5 Å². The summed E-state index contributed by atoms with van der Waals surface area (Å²) in [5.41, 5.74) is 2.40. The number of carbonyl (C=O) groups excluding carboxylic acids is 2. The van der Waals surface area contributed by atoms with Gasteiger partial charge in [-0.25, -0.2) is 0 Å². The van der Waals surface area contributed by atoms with Crippen molar-refractivity contribution in [2.24, 2.45) is 0 Å². The molecule has 24 heavy (non-hydrogen) atoms. The predicted molar refractivity (Wildman–Crippen MR) is 93.4 cm³/mol. The van der Waals surface area contributed by atoms with Gasteiger partial charge >= 0.3 is 5.97 Å². The minimum atomic E-state index is -0.338. The molecule has 2 aromatic carbocycles. The molecule has 5 heteroatoms. The Balaban J connectivity index is 1.66. The van der Waals surface area contributed by atoms with Crippen molar-refractivity contribution in [2.45, 2.75) is 13.0 Å². The number of nitrogens with zero attached hydrogens (tertiary/aromatic N) is 1. The molecule has 0 aliphatic rings. The second kappa shape index (κ2) is 7.32. The lowest BCUT2D eigenvalue weighted by atomic mass is 10.2. The van der Waals surface area contributed by atoms with Gasteiger partial charge in [-0.3, -0.25) is 9.59 Å². The van der Waals surface area contributed by atoms with E-state index < -0.39 is 0 Å². The Kier molecular flexibility index (Phi) is 4.96. The van der Waals surface area contributed by atoms with Gasteiger partial charge in [-0.1, -0.05) is 41.9 Å². The van der Waals surface area contributed by atoms with E-state index in [-0.39, 0.29) is 12.5 Å². The molecule has 0 saturated heterocycles. The predicted octanol–water partition coefficient (Wildman–Crippen LogP) is 3.89. The van der Waals surface area contributed by atoms with E-state index in [2.05, 4.69) is 0 Å². The van der Waals surface area contributed by atoms with Gasteiger partial charge in [-0.15, -0.1) is 0 Å². The average Bonchev–Trinajstić information content (AvgIpc) is 2.92. The van der Waals surface area contributed by atoms with E-state index in [0.29, 0.717) is 23.6 Å².